The highest BCUT2D eigenvalue weighted by molar-refractivity contribution is 7.21. The zero-order valence-electron chi connectivity index (χ0n) is 16.7. The summed E-state index contributed by atoms with van der Waals surface area (Å²) in [6.45, 7) is -0.158. The van der Waals surface area contributed by atoms with Crippen LogP contribution in [0.3, 0.4) is 0 Å². The van der Waals surface area contributed by atoms with Crippen LogP contribution < -0.4 is 14.9 Å². The summed E-state index contributed by atoms with van der Waals surface area (Å²) >= 11 is 7.63. The molecule has 0 aliphatic rings. The monoisotopic (exact) mass is 464 g/mol. The van der Waals surface area contributed by atoms with Crippen molar-refractivity contribution in [2.24, 2.45) is 5.10 Å². The summed E-state index contributed by atoms with van der Waals surface area (Å²) in [5.74, 6) is 0.00911. The molecule has 0 bridgehead atoms. The fourth-order valence-corrected chi connectivity index (χ4v) is 4.22. The van der Waals surface area contributed by atoms with Gasteiger partial charge in [-0.05, 0) is 35.9 Å². The number of amides is 1. The van der Waals surface area contributed by atoms with E-state index in [4.69, 9.17) is 21.1 Å². The van der Waals surface area contributed by atoms with E-state index >= 15 is 0 Å². The van der Waals surface area contributed by atoms with Crippen LogP contribution in [0.25, 0.3) is 10.1 Å². The number of thiophene rings is 1. The Morgan fingerprint density at radius 1 is 0.969 bits per heavy atom. The maximum atomic E-state index is 12.6. The molecule has 3 aromatic carbocycles. The number of ether oxygens (including phenoxy) is 2. The van der Waals surface area contributed by atoms with Gasteiger partial charge in [-0.15, -0.1) is 11.3 Å². The van der Waals surface area contributed by atoms with E-state index in [0.717, 1.165) is 10.1 Å². The van der Waals surface area contributed by atoms with E-state index in [-0.39, 0.29) is 6.61 Å². The number of rotatable bonds is 7. The smallest absolute Gasteiger partial charge is 0.355 e. The van der Waals surface area contributed by atoms with Gasteiger partial charge in [-0.2, -0.15) is 5.10 Å². The molecule has 0 aliphatic carbocycles. The van der Waals surface area contributed by atoms with Crippen LogP contribution in [0.5, 0.6) is 11.5 Å². The van der Waals surface area contributed by atoms with E-state index in [1.165, 1.54) is 17.6 Å². The van der Waals surface area contributed by atoms with Crippen molar-refractivity contribution >= 4 is 51.1 Å². The zero-order valence-corrected chi connectivity index (χ0v) is 18.2. The molecular formula is C24H17ClN2O4S. The van der Waals surface area contributed by atoms with Gasteiger partial charge in [-0.1, -0.05) is 60.1 Å². The van der Waals surface area contributed by atoms with Crippen LogP contribution in [0.15, 0.2) is 84.0 Å². The first kappa shape index (κ1) is 21.5. The molecule has 0 spiro atoms. The summed E-state index contributed by atoms with van der Waals surface area (Å²) < 4.78 is 11.8. The van der Waals surface area contributed by atoms with Crippen LogP contribution >= 0.6 is 22.9 Å². The van der Waals surface area contributed by atoms with E-state index in [1.54, 1.807) is 36.4 Å². The number of esters is 1. The summed E-state index contributed by atoms with van der Waals surface area (Å²) in [5.41, 5.74) is 3.03. The molecule has 32 heavy (non-hydrogen) atoms. The summed E-state index contributed by atoms with van der Waals surface area (Å²) in [6, 6.07) is 23.3. The van der Waals surface area contributed by atoms with Crippen molar-refractivity contribution in [1.29, 1.82) is 0 Å². The lowest BCUT2D eigenvalue weighted by atomic mass is 10.2. The molecule has 0 aliphatic heterocycles. The molecule has 4 aromatic rings. The molecule has 1 aromatic heterocycles. The molecular weight excluding hydrogens is 448 g/mol. The first-order valence-corrected chi connectivity index (χ1v) is 10.8. The normalized spacial score (nSPS) is 10.9. The number of halogens is 1. The first-order chi connectivity index (χ1) is 15.6. The van der Waals surface area contributed by atoms with Gasteiger partial charge in [-0.3, -0.25) is 4.79 Å². The fourth-order valence-electron chi connectivity index (χ4n) is 2.83. The van der Waals surface area contributed by atoms with Crippen molar-refractivity contribution in [3.05, 3.63) is 94.3 Å². The van der Waals surface area contributed by atoms with Gasteiger partial charge in [0.25, 0.3) is 5.91 Å². The van der Waals surface area contributed by atoms with Crippen molar-refractivity contribution in [3.63, 3.8) is 0 Å². The number of nitrogens with zero attached hydrogens (tertiary/aromatic N) is 1. The van der Waals surface area contributed by atoms with Crippen LogP contribution in [0.4, 0.5) is 0 Å². The lowest BCUT2D eigenvalue weighted by Crippen LogP contribution is -2.24. The van der Waals surface area contributed by atoms with Gasteiger partial charge in [0.05, 0.1) is 11.2 Å². The molecule has 1 heterocycles. The zero-order chi connectivity index (χ0) is 22.3. The van der Waals surface area contributed by atoms with Gasteiger partial charge in [0.1, 0.15) is 16.4 Å². The quantitative estimate of drug-likeness (QED) is 0.174. The van der Waals surface area contributed by atoms with Crippen LogP contribution in [-0.2, 0) is 4.79 Å². The van der Waals surface area contributed by atoms with Gasteiger partial charge in [0.15, 0.2) is 6.61 Å². The second-order valence-electron chi connectivity index (χ2n) is 6.60. The van der Waals surface area contributed by atoms with E-state index in [0.29, 0.717) is 27.0 Å². The lowest BCUT2D eigenvalue weighted by molar-refractivity contribution is -0.123. The maximum absolute atomic E-state index is 12.6. The van der Waals surface area contributed by atoms with Gasteiger partial charge in [0.2, 0.25) is 0 Å². The Kier molecular flexibility index (Phi) is 6.79. The molecule has 8 heteroatoms. The molecule has 0 atom stereocenters. The van der Waals surface area contributed by atoms with Crippen LogP contribution in [-0.4, -0.2) is 24.7 Å². The minimum atomic E-state index is -0.531. The molecule has 0 unspecified atom stereocenters. The van der Waals surface area contributed by atoms with Gasteiger partial charge < -0.3 is 9.47 Å². The third kappa shape index (κ3) is 5.32. The average molecular weight is 465 g/mol. The summed E-state index contributed by atoms with van der Waals surface area (Å²) in [6.07, 6.45) is 1.45. The van der Waals surface area contributed by atoms with Gasteiger partial charge in [0, 0.05) is 10.1 Å². The fraction of sp³-hybridized carbons (Fsp3) is 0.0417. The predicted octanol–water partition coefficient (Wildman–Crippen LogP) is 5.30. The molecule has 4 rings (SSSR count). The Balaban J connectivity index is 1.35. The summed E-state index contributed by atoms with van der Waals surface area (Å²) in [4.78, 5) is 24.8. The highest BCUT2D eigenvalue weighted by atomic mass is 35.5. The number of hydrogen-bond donors (Lipinski definition) is 1. The number of para-hydroxylation sites is 1. The number of carbonyl (C=O) groups is 2. The standard InChI is InChI=1S/C24H17ClN2O4S/c25-22-19-11-4-5-12-20(19)32-23(22)24(29)31-18-10-6-7-16(13-18)14-26-27-21(28)15-30-17-8-2-1-3-9-17/h1-14H,15H2,(H,27,28)/b26-14+. The lowest BCUT2D eigenvalue weighted by Gasteiger charge is -2.05. The van der Waals surface area contributed by atoms with Gasteiger partial charge in [-0.25, -0.2) is 10.2 Å². The Labute approximate surface area is 193 Å². The van der Waals surface area contributed by atoms with E-state index < -0.39 is 11.9 Å². The molecule has 0 radical (unpaired) electrons. The topological polar surface area (TPSA) is 77.0 Å². The Bertz CT molecular complexity index is 1290. The van der Waals surface area contributed by atoms with Crippen molar-refractivity contribution in [1.82, 2.24) is 5.43 Å². The number of benzene rings is 3. The number of hydrogen-bond acceptors (Lipinski definition) is 6. The SMILES string of the molecule is O=C(COc1ccccc1)N/N=C/c1cccc(OC(=O)c2sc3ccccc3c2Cl)c1. The molecule has 0 saturated heterocycles. The summed E-state index contributed by atoms with van der Waals surface area (Å²) in [7, 11) is 0. The van der Waals surface area contributed by atoms with Crippen molar-refractivity contribution in [2.75, 3.05) is 6.61 Å². The Hall–Kier alpha value is -3.68. The molecule has 1 amide bonds. The minimum Gasteiger partial charge on any atom is -0.484 e. The Morgan fingerprint density at radius 3 is 2.53 bits per heavy atom. The minimum absolute atomic E-state index is 0.158. The third-order valence-corrected chi connectivity index (χ3v) is 5.96. The van der Waals surface area contributed by atoms with Crippen molar-refractivity contribution < 1.29 is 19.1 Å². The number of carbonyl (C=O) groups excluding carboxylic acids is 2. The molecule has 1 N–H and O–H groups in total. The van der Waals surface area contributed by atoms with E-state index in [1.807, 2.05) is 42.5 Å². The number of nitrogens with one attached hydrogen (secondary N) is 1. The second-order valence-corrected chi connectivity index (χ2v) is 8.03. The van der Waals surface area contributed by atoms with Crippen molar-refractivity contribution in [3.8, 4) is 11.5 Å². The molecule has 0 saturated carbocycles. The van der Waals surface area contributed by atoms with Crippen molar-refractivity contribution in [2.45, 2.75) is 0 Å². The van der Waals surface area contributed by atoms with E-state index in [2.05, 4.69) is 10.5 Å². The first-order valence-electron chi connectivity index (χ1n) is 9.59. The third-order valence-electron chi connectivity index (χ3n) is 4.30. The van der Waals surface area contributed by atoms with Crippen LogP contribution in [0.1, 0.15) is 15.2 Å². The number of hydrazone groups is 1. The van der Waals surface area contributed by atoms with Gasteiger partial charge >= 0.3 is 5.97 Å². The average Bonchev–Trinajstić information content (AvgIpc) is 3.15. The molecule has 160 valence electrons. The highest BCUT2D eigenvalue weighted by Gasteiger charge is 2.19. The van der Waals surface area contributed by atoms with E-state index in [9.17, 15) is 9.59 Å². The molecule has 6 nitrogen and oxygen atoms in total. The second kappa shape index (κ2) is 10.1. The van der Waals surface area contributed by atoms with Crippen LogP contribution in [0, 0.1) is 0 Å². The maximum Gasteiger partial charge on any atom is 0.355 e. The highest BCUT2D eigenvalue weighted by Crippen LogP contribution is 2.35. The van der Waals surface area contributed by atoms with Crippen LogP contribution in [0.2, 0.25) is 5.02 Å². The largest absolute Gasteiger partial charge is 0.484 e. The number of fused-ring (bicyclic) bond motifs is 1. The Morgan fingerprint density at radius 2 is 1.72 bits per heavy atom. The molecule has 0 fully saturated rings. The summed E-state index contributed by atoms with van der Waals surface area (Å²) in [5, 5.41) is 5.11. The predicted molar refractivity (Wildman–Crippen MR) is 126 cm³/mol.